The number of benzene rings is 3. The van der Waals surface area contributed by atoms with Crippen LogP contribution in [0.5, 0.6) is 11.5 Å². The van der Waals surface area contributed by atoms with E-state index in [9.17, 15) is 22.4 Å². The van der Waals surface area contributed by atoms with Gasteiger partial charge in [0.1, 0.15) is 18.4 Å². The van der Waals surface area contributed by atoms with Gasteiger partial charge in [-0.05, 0) is 68.1 Å². The molecule has 1 fully saturated rings. The van der Waals surface area contributed by atoms with Gasteiger partial charge in [-0.15, -0.1) is 0 Å². The van der Waals surface area contributed by atoms with Gasteiger partial charge in [0, 0.05) is 18.7 Å². The van der Waals surface area contributed by atoms with Crippen molar-refractivity contribution < 1.29 is 31.9 Å². The van der Waals surface area contributed by atoms with Crippen LogP contribution in [-0.4, -0.2) is 58.0 Å². The lowest BCUT2D eigenvalue weighted by molar-refractivity contribution is -0.140. The Morgan fingerprint density at radius 1 is 0.955 bits per heavy atom. The normalized spacial score (nSPS) is 14.1. The van der Waals surface area contributed by atoms with Gasteiger partial charge in [-0.25, -0.2) is 12.8 Å². The molecule has 44 heavy (non-hydrogen) atoms. The smallest absolute Gasteiger partial charge is 0.264 e. The standard InChI is InChI=1S/C33H40FN3O6S/c1-5-29(33(39)35-26-8-6-7-9-26)36(21-24-12-14-25(34)15-13-24)32(38)22-37(27-16-10-23(2)11-17-27)44(40,41)28-18-19-30(42-3)31(20-28)43-4/h10-20,26,29H,5-9,21-22H2,1-4H3,(H,35,39)/t29-/m0/s1. The van der Waals surface area contributed by atoms with Crippen molar-refractivity contribution in [3.63, 3.8) is 0 Å². The number of amides is 2. The molecule has 3 aromatic rings. The number of carbonyl (C=O) groups excluding carboxylic acids is 2. The van der Waals surface area contributed by atoms with Crippen molar-refractivity contribution in [2.75, 3.05) is 25.1 Å². The fraction of sp³-hybridized carbons (Fsp3) is 0.394. The summed E-state index contributed by atoms with van der Waals surface area (Å²) in [6.45, 7) is 3.10. The molecule has 1 saturated carbocycles. The van der Waals surface area contributed by atoms with Gasteiger partial charge in [-0.2, -0.15) is 0 Å². The van der Waals surface area contributed by atoms with Crippen LogP contribution in [0.15, 0.2) is 71.6 Å². The van der Waals surface area contributed by atoms with Gasteiger partial charge >= 0.3 is 0 Å². The average molecular weight is 626 g/mol. The zero-order chi connectivity index (χ0) is 31.9. The van der Waals surface area contributed by atoms with E-state index in [1.807, 2.05) is 13.8 Å². The monoisotopic (exact) mass is 625 g/mol. The van der Waals surface area contributed by atoms with Crippen LogP contribution in [0.1, 0.15) is 50.2 Å². The Morgan fingerprint density at radius 3 is 2.18 bits per heavy atom. The topological polar surface area (TPSA) is 105 Å². The highest BCUT2D eigenvalue weighted by Crippen LogP contribution is 2.32. The Hall–Kier alpha value is -4.12. The van der Waals surface area contributed by atoms with Crippen molar-refractivity contribution in [3.05, 3.63) is 83.7 Å². The Bertz CT molecular complexity index is 1540. The lowest BCUT2D eigenvalue weighted by atomic mass is 10.1. The van der Waals surface area contributed by atoms with E-state index in [1.54, 1.807) is 36.4 Å². The first-order valence-electron chi connectivity index (χ1n) is 14.7. The zero-order valence-corrected chi connectivity index (χ0v) is 26.4. The van der Waals surface area contributed by atoms with Crippen molar-refractivity contribution in [3.8, 4) is 11.5 Å². The van der Waals surface area contributed by atoms with Crippen molar-refractivity contribution in [2.45, 2.75) is 69.5 Å². The third-order valence-corrected chi connectivity index (χ3v) is 9.67. The third-order valence-electron chi connectivity index (χ3n) is 7.90. The summed E-state index contributed by atoms with van der Waals surface area (Å²) < 4.78 is 53.7. The molecule has 0 aliphatic heterocycles. The molecule has 236 valence electrons. The van der Waals surface area contributed by atoms with E-state index < -0.39 is 34.3 Å². The molecule has 9 nitrogen and oxygen atoms in total. The van der Waals surface area contributed by atoms with E-state index in [1.165, 1.54) is 49.5 Å². The molecule has 2 amide bonds. The van der Waals surface area contributed by atoms with Crippen LogP contribution in [0, 0.1) is 12.7 Å². The molecule has 1 N–H and O–H groups in total. The van der Waals surface area contributed by atoms with Crippen LogP contribution in [0.3, 0.4) is 0 Å². The van der Waals surface area contributed by atoms with Gasteiger partial charge in [-0.3, -0.25) is 13.9 Å². The number of sulfonamides is 1. The second-order valence-corrected chi connectivity index (χ2v) is 12.8. The first kappa shape index (κ1) is 32.8. The first-order chi connectivity index (χ1) is 21.1. The fourth-order valence-corrected chi connectivity index (χ4v) is 6.85. The van der Waals surface area contributed by atoms with Crippen molar-refractivity contribution >= 4 is 27.5 Å². The highest BCUT2D eigenvalue weighted by Gasteiger charge is 2.35. The van der Waals surface area contributed by atoms with Crippen LogP contribution in [0.4, 0.5) is 10.1 Å². The summed E-state index contributed by atoms with van der Waals surface area (Å²) in [5.74, 6) is -0.721. The highest BCUT2D eigenvalue weighted by atomic mass is 32.2. The number of anilines is 1. The van der Waals surface area contributed by atoms with Gasteiger partial charge in [0.05, 0.1) is 24.8 Å². The highest BCUT2D eigenvalue weighted by molar-refractivity contribution is 7.92. The average Bonchev–Trinajstić information content (AvgIpc) is 3.53. The summed E-state index contributed by atoms with van der Waals surface area (Å²) in [5.41, 5.74) is 1.80. The minimum absolute atomic E-state index is 0.00610. The Balaban J connectivity index is 1.73. The number of nitrogens with one attached hydrogen (secondary N) is 1. The molecule has 3 aromatic carbocycles. The quantitative estimate of drug-likeness (QED) is 0.280. The number of aryl methyl sites for hydroxylation is 1. The van der Waals surface area contributed by atoms with E-state index in [2.05, 4.69) is 5.32 Å². The van der Waals surface area contributed by atoms with Crippen molar-refractivity contribution in [1.29, 1.82) is 0 Å². The summed E-state index contributed by atoms with van der Waals surface area (Å²) >= 11 is 0. The van der Waals surface area contributed by atoms with Gasteiger partial charge in [0.2, 0.25) is 11.8 Å². The lowest BCUT2D eigenvalue weighted by Crippen LogP contribution is -2.53. The molecule has 0 aromatic heterocycles. The SMILES string of the molecule is CC[C@@H](C(=O)NC1CCCC1)N(Cc1ccc(F)cc1)C(=O)CN(c1ccc(C)cc1)S(=O)(=O)c1ccc(OC)c(OC)c1. The number of carbonyl (C=O) groups is 2. The van der Waals surface area contributed by atoms with Crippen LogP contribution >= 0.6 is 0 Å². The molecule has 4 rings (SSSR count). The zero-order valence-electron chi connectivity index (χ0n) is 25.6. The molecule has 11 heteroatoms. The molecule has 0 saturated heterocycles. The number of halogens is 1. The molecule has 0 bridgehead atoms. The van der Waals surface area contributed by atoms with E-state index in [0.29, 0.717) is 17.7 Å². The molecular weight excluding hydrogens is 585 g/mol. The summed E-state index contributed by atoms with van der Waals surface area (Å²) in [5, 5.41) is 3.08. The lowest BCUT2D eigenvalue weighted by Gasteiger charge is -2.34. The van der Waals surface area contributed by atoms with E-state index in [4.69, 9.17) is 9.47 Å². The number of rotatable bonds is 13. The maximum atomic E-state index is 14.2. The molecule has 0 radical (unpaired) electrons. The first-order valence-corrected chi connectivity index (χ1v) is 16.2. The van der Waals surface area contributed by atoms with Crippen molar-refractivity contribution in [2.24, 2.45) is 0 Å². The van der Waals surface area contributed by atoms with Crippen molar-refractivity contribution in [1.82, 2.24) is 10.2 Å². The van der Waals surface area contributed by atoms with Gasteiger partial charge in [0.25, 0.3) is 10.0 Å². The second-order valence-electron chi connectivity index (χ2n) is 10.9. The van der Waals surface area contributed by atoms with E-state index >= 15 is 0 Å². The van der Waals surface area contributed by atoms with Crippen LogP contribution in [-0.2, 0) is 26.2 Å². The molecular formula is C33H40FN3O6S. The number of methoxy groups -OCH3 is 2. The summed E-state index contributed by atoms with van der Waals surface area (Å²) in [6, 6.07) is 15.9. The summed E-state index contributed by atoms with van der Waals surface area (Å²) in [4.78, 5) is 29.1. The summed E-state index contributed by atoms with van der Waals surface area (Å²) in [7, 11) is -1.45. The van der Waals surface area contributed by atoms with Crippen LogP contribution < -0.4 is 19.1 Å². The number of hydrogen-bond donors (Lipinski definition) is 1. The fourth-order valence-electron chi connectivity index (χ4n) is 5.42. The maximum absolute atomic E-state index is 14.2. The van der Waals surface area contributed by atoms with Gasteiger partial charge in [-0.1, -0.05) is 49.6 Å². The maximum Gasteiger partial charge on any atom is 0.264 e. The molecule has 0 spiro atoms. The molecule has 0 heterocycles. The Morgan fingerprint density at radius 2 is 1.59 bits per heavy atom. The van der Waals surface area contributed by atoms with Gasteiger partial charge in [0.15, 0.2) is 11.5 Å². The van der Waals surface area contributed by atoms with E-state index in [0.717, 1.165) is 35.6 Å². The Labute approximate surface area is 259 Å². The molecule has 1 atom stereocenters. The second kappa shape index (κ2) is 14.6. The minimum Gasteiger partial charge on any atom is -0.493 e. The molecule has 1 aliphatic carbocycles. The summed E-state index contributed by atoms with van der Waals surface area (Å²) in [6.07, 6.45) is 4.11. The molecule has 1 aliphatic rings. The largest absolute Gasteiger partial charge is 0.493 e. The number of nitrogens with zero attached hydrogens (tertiary/aromatic N) is 2. The third kappa shape index (κ3) is 7.68. The van der Waals surface area contributed by atoms with Crippen LogP contribution in [0.25, 0.3) is 0 Å². The molecule has 0 unspecified atom stereocenters. The minimum atomic E-state index is -4.30. The number of hydrogen-bond acceptors (Lipinski definition) is 6. The van der Waals surface area contributed by atoms with E-state index in [-0.39, 0.29) is 34.8 Å². The van der Waals surface area contributed by atoms with Gasteiger partial charge < -0.3 is 19.7 Å². The van der Waals surface area contributed by atoms with Crippen LogP contribution in [0.2, 0.25) is 0 Å². The number of ether oxygens (including phenoxy) is 2. The predicted molar refractivity (Wildman–Crippen MR) is 167 cm³/mol. The Kier molecular flexibility index (Phi) is 10.9. The predicted octanol–water partition coefficient (Wildman–Crippen LogP) is 5.21.